The maximum atomic E-state index is 13.5. The van der Waals surface area contributed by atoms with Gasteiger partial charge < -0.3 is 14.8 Å². The van der Waals surface area contributed by atoms with Crippen molar-refractivity contribution in [2.75, 3.05) is 17.7 Å². The molecule has 5 rings (SSSR count). The monoisotopic (exact) mass is 567 g/mol. The number of ketones is 1. The van der Waals surface area contributed by atoms with Crippen molar-refractivity contribution in [1.82, 2.24) is 9.97 Å². The van der Waals surface area contributed by atoms with E-state index in [1.807, 2.05) is 84.9 Å². The topological polar surface area (TPSA) is 90.4 Å². The number of rotatable bonds is 14. The first-order valence-electron chi connectivity index (χ1n) is 13.8. The number of para-hydroxylation sites is 1. The molecule has 3 unspecified atom stereocenters. The summed E-state index contributed by atoms with van der Waals surface area (Å²) in [7, 11) is 0. The second kappa shape index (κ2) is 14.6. The normalized spacial score (nSPS) is 16.8. The lowest BCUT2D eigenvalue weighted by Crippen LogP contribution is -2.38. The van der Waals surface area contributed by atoms with Crippen molar-refractivity contribution in [3.8, 4) is 11.5 Å². The molecule has 1 N–H and O–H groups in total. The maximum absolute atomic E-state index is 13.5. The summed E-state index contributed by atoms with van der Waals surface area (Å²) in [5, 5.41) is 3.65. The highest BCUT2D eigenvalue weighted by Crippen LogP contribution is 2.40. The van der Waals surface area contributed by atoms with Crippen molar-refractivity contribution in [3.05, 3.63) is 109 Å². The highest BCUT2D eigenvalue weighted by atomic mass is 32.2. The Balaban J connectivity index is 1.19. The Bertz CT molecular complexity index is 1390. The van der Waals surface area contributed by atoms with E-state index in [1.54, 1.807) is 18.5 Å². The Morgan fingerprint density at radius 3 is 2.22 bits per heavy atom. The van der Waals surface area contributed by atoms with Crippen LogP contribution in [-0.2, 0) is 20.9 Å². The lowest BCUT2D eigenvalue weighted by atomic mass is 9.68. The summed E-state index contributed by atoms with van der Waals surface area (Å²) in [6.07, 6.45) is 5.72. The molecule has 1 heterocycles. The Hall–Kier alpha value is -4.01. The molecule has 1 saturated carbocycles. The van der Waals surface area contributed by atoms with Gasteiger partial charge in [-0.25, -0.2) is 9.97 Å². The van der Waals surface area contributed by atoms with Gasteiger partial charge in [-0.05, 0) is 73.2 Å². The lowest BCUT2D eigenvalue weighted by molar-refractivity contribution is -0.129. The Morgan fingerprint density at radius 1 is 0.854 bits per heavy atom. The number of thioether (sulfide) groups is 1. The molecule has 4 aromatic rings. The average molecular weight is 568 g/mol. The number of Topliss-reactive ketones (excluding diaryl/α,β-unsaturated/α-hetero) is 1. The predicted molar refractivity (Wildman–Crippen MR) is 160 cm³/mol. The highest BCUT2D eigenvalue weighted by molar-refractivity contribution is 7.99. The molecule has 210 valence electrons. The summed E-state index contributed by atoms with van der Waals surface area (Å²) >= 11 is 1.36. The molecule has 1 aliphatic rings. The molecule has 3 atom stereocenters. The van der Waals surface area contributed by atoms with Crippen LogP contribution >= 0.6 is 11.8 Å². The average Bonchev–Trinajstić information content (AvgIpc) is 2.99. The number of aromatic nitrogens is 2. The van der Waals surface area contributed by atoms with Crippen molar-refractivity contribution < 1.29 is 19.1 Å². The van der Waals surface area contributed by atoms with Gasteiger partial charge in [-0.3, -0.25) is 9.59 Å². The first kappa shape index (κ1) is 28.5. The smallest absolute Gasteiger partial charge is 0.229 e. The summed E-state index contributed by atoms with van der Waals surface area (Å²) in [5.74, 6) is 1.57. The number of carbonyl (C=O) groups is 2. The van der Waals surface area contributed by atoms with Gasteiger partial charge in [0.1, 0.15) is 17.3 Å². The van der Waals surface area contributed by atoms with Gasteiger partial charge in [-0.2, -0.15) is 0 Å². The lowest BCUT2D eigenvalue weighted by Gasteiger charge is -2.37. The molecule has 0 spiro atoms. The van der Waals surface area contributed by atoms with Crippen LogP contribution in [0.4, 0.5) is 5.69 Å². The van der Waals surface area contributed by atoms with E-state index in [4.69, 9.17) is 9.47 Å². The van der Waals surface area contributed by atoms with Crippen LogP contribution in [0.5, 0.6) is 11.5 Å². The molecule has 7 nitrogen and oxygen atoms in total. The number of amides is 1. The third-order valence-corrected chi connectivity index (χ3v) is 8.10. The van der Waals surface area contributed by atoms with Gasteiger partial charge in [0.25, 0.3) is 0 Å². The van der Waals surface area contributed by atoms with Crippen LogP contribution in [0.2, 0.25) is 0 Å². The summed E-state index contributed by atoms with van der Waals surface area (Å²) < 4.78 is 11.9. The second-order valence-electron chi connectivity index (χ2n) is 10.1. The summed E-state index contributed by atoms with van der Waals surface area (Å²) in [4.78, 5) is 34.8. The second-order valence-corrected chi connectivity index (χ2v) is 11.0. The first-order chi connectivity index (χ1) is 20.1. The molecule has 8 heteroatoms. The van der Waals surface area contributed by atoms with E-state index >= 15 is 0 Å². The van der Waals surface area contributed by atoms with Gasteiger partial charge in [-0.1, -0.05) is 60.3 Å². The quantitative estimate of drug-likeness (QED) is 0.132. The summed E-state index contributed by atoms with van der Waals surface area (Å²) in [5.41, 5.74) is 1.74. The third-order valence-electron chi connectivity index (χ3n) is 7.21. The number of hydrogen-bond donors (Lipinski definition) is 1. The molecule has 0 bridgehead atoms. The van der Waals surface area contributed by atoms with Gasteiger partial charge in [0.15, 0.2) is 5.16 Å². The van der Waals surface area contributed by atoms with Gasteiger partial charge in [0.2, 0.25) is 5.91 Å². The van der Waals surface area contributed by atoms with Crippen LogP contribution in [0.15, 0.2) is 109 Å². The Morgan fingerprint density at radius 2 is 1.54 bits per heavy atom. The molecule has 41 heavy (non-hydrogen) atoms. The van der Waals surface area contributed by atoms with Crippen LogP contribution in [0, 0.1) is 17.8 Å². The fourth-order valence-corrected chi connectivity index (χ4v) is 5.62. The highest BCUT2D eigenvalue weighted by Gasteiger charge is 2.38. The van der Waals surface area contributed by atoms with Crippen LogP contribution in [0.25, 0.3) is 0 Å². The molecular formula is C33H33N3O4S. The van der Waals surface area contributed by atoms with Crippen LogP contribution in [-0.4, -0.2) is 34.0 Å². The number of hydrogen-bond acceptors (Lipinski definition) is 7. The molecule has 1 aliphatic carbocycles. The zero-order valence-electron chi connectivity index (χ0n) is 22.7. The van der Waals surface area contributed by atoms with Crippen LogP contribution in [0.1, 0.15) is 24.8 Å². The van der Waals surface area contributed by atoms with E-state index in [2.05, 4.69) is 15.3 Å². The minimum absolute atomic E-state index is 0.0509. The maximum Gasteiger partial charge on any atom is 0.229 e. The molecule has 0 aliphatic heterocycles. The van der Waals surface area contributed by atoms with Gasteiger partial charge in [0, 0.05) is 24.0 Å². The zero-order valence-corrected chi connectivity index (χ0v) is 23.5. The largest absolute Gasteiger partial charge is 0.457 e. The van der Waals surface area contributed by atoms with Crippen molar-refractivity contribution in [3.63, 3.8) is 0 Å². The third kappa shape index (κ3) is 8.49. The number of carbonyl (C=O) groups excluding carboxylic acids is 2. The molecule has 0 saturated heterocycles. The zero-order chi connectivity index (χ0) is 28.3. The summed E-state index contributed by atoms with van der Waals surface area (Å²) in [6.45, 7) is 0.705. The van der Waals surface area contributed by atoms with Crippen molar-refractivity contribution in [1.29, 1.82) is 0 Å². The van der Waals surface area contributed by atoms with Crippen LogP contribution < -0.4 is 10.1 Å². The van der Waals surface area contributed by atoms with Gasteiger partial charge >= 0.3 is 0 Å². The number of benzene rings is 3. The molecule has 0 radical (unpaired) electrons. The van der Waals surface area contributed by atoms with E-state index in [0.29, 0.717) is 35.4 Å². The number of ether oxygens (including phenoxy) is 2. The first-order valence-corrected chi connectivity index (χ1v) is 14.8. The van der Waals surface area contributed by atoms with E-state index in [0.717, 1.165) is 24.2 Å². The van der Waals surface area contributed by atoms with Gasteiger partial charge in [0.05, 0.1) is 24.9 Å². The number of anilines is 1. The fraction of sp³-hybridized carbons (Fsp3) is 0.273. The number of nitrogens with one attached hydrogen (secondary N) is 1. The SMILES string of the molecule is O=C(Nc1ccc(Oc2ccccc2)cc1)C(COCc1ccccc1)CC1CCC1C(=O)CSc1ncccn1. The van der Waals surface area contributed by atoms with E-state index < -0.39 is 0 Å². The Labute approximate surface area is 244 Å². The van der Waals surface area contributed by atoms with E-state index in [-0.39, 0.29) is 36.1 Å². The van der Waals surface area contributed by atoms with E-state index in [9.17, 15) is 9.59 Å². The molecular weight excluding hydrogens is 534 g/mol. The fourth-order valence-electron chi connectivity index (χ4n) is 4.86. The Kier molecular flexibility index (Phi) is 10.1. The molecule has 1 amide bonds. The minimum atomic E-state index is -0.385. The molecule has 3 aromatic carbocycles. The van der Waals surface area contributed by atoms with Crippen LogP contribution in [0.3, 0.4) is 0 Å². The van der Waals surface area contributed by atoms with Crippen molar-refractivity contribution in [2.45, 2.75) is 31.0 Å². The van der Waals surface area contributed by atoms with Crippen molar-refractivity contribution in [2.24, 2.45) is 17.8 Å². The van der Waals surface area contributed by atoms with Gasteiger partial charge in [-0.15, -0.1) is 0 Å². The molecule has 1 fully saturated rings. The molecule has 1 aromatic heterocycles. The standard InChI is InChI=1S/C33H33N3O4S/c37-31(23-41-33-34-18-7-19-35-33)30-17-12-25(30)20-26(22-39-21-24-8-3-1-4-9-24)32(38)36-27-13-15-29(16-14-27)40-28-10-5-2-6-11-28/h1-11,13-16,18-19,25-26,30H,12,17,20-23H2,(H,36,38). The minimum Gasteiger partial charge on any atom is -0.457 e. The van der Waals surface area contributed by atoms with Crippen molar-refractivity contribution >= 4 is 29.1 Å². The van der Waals surface area contributed by atoms with E-state index in [1.165, 1.54) is 11.8 Å². The summed E-state index contributed by atoms with van der Waals surface area (Å²) in [6, 6.07) is 28.5. The number of nitrogens with zero attached hydrogens (tertiary/aromatic N) is 2. The predicted octanol–water partition coefficient (Wildman–Crippen LogP) is 6.82.